The van der Waals surface area contributed by atoms with E-state index in [-0.39, 0.29) is 11.4 Å². The van der Waals surface area contributed by atoms with Crippen molar-refractivity contribution in [3.8, 4) is 0 Å². The van der Waals surface area contributed by atoms with Crippen LogP contribution in [-0.4, -0.2) is 36.1 Å². The molecule has 2 aromatic rings. The lowest BCUT2D eigenvalue weighted by atomic mass is 10.2. The lowest BCUT2D eigenvalue weighted by Crippen LogP contribution is -2.17. The second kappa shape index (κ2) is 7.59. The number of halogens is 2. The topological polar surface area (TPSA) is 76.1 Å². The molecule has 0 bridgehead atoms. The molecule has 0 saturated carbocycles. The van der Waals surface area contributed by atoms with Crippen LogP contribution < -0.4 is 10.6 Å². The molecule has 0 unspecified atom stereocenters. The Kier molecular flexibility index (Phi) is 5.53. The van der Waals surface area contributed by atoms with Crippen LogP contribution in [0.15, 0.2) is 24.3 Å². The third kappa shape index (κ3) is 4.68. The Bertz CT molecular complexity index is 710. The quantitative estimate of drug-likeness (QED) is 0.799. The van der Waals surface area contributed by atoms with Crippen molar-refractivity contribution in [1.29, 1.82) is 0 Å². The SMILES string of the molecule is COCCNc1cc(C(=O)Nc2ccc(F)c(F)c2)nc(C)n1. The highest BCUT2D eigenvalue weighted by Crippen LogP contribution is 2.15. The molecule has 0 radical (unpaired) electrons. The van der Waals surface area contributed by atoms with Gasteiger partial charge in [0.25, 0.3) is 5.91 Å². The first kappa shape index (κ1) is 16.8. The van der Waals surface area contributed by atoms with Gasteiger partial charge in [-0.1, -0.05) is 0 Å². The first-order valence-electron chi connectivity index (χ1n) is 6.84. The largest absolute Gasteiger partial charge is 0.383 e. The van der Waals surface area contributed by atoms with E-state index >= 15 is 0 Å². The Morgan fingerprint density at radius 2 is 2.00 bits per heavy atom. The molecule has 122 valence electrons. The lowest BCUT2D eigenvalue weighted by Gasteiger charge is -2.09. The fourth-order valence-corrected chi connectivity index (χ4v) is 1.82. The van der Waals surface area contributed by atoms with E-state index in [0.717, 1.165) is 12.1 Å². The van der Waals surface area contributed by atoms with Crippen LogP contribution in [0.5, 0.6) is 0 Å². The van der Waals surface area contributed by atoms with Crippen molar-refractivity contribution in [2.75, 3.05) is 30.9 Å². The summed E-state index contributed by atoms with van der Waals surface area (Å²) in [4.78, 5) is 20.4. The number of hydrogen-bond donors (Lipinski definition) is 2. The third-order valence-corrected chi connectivity index (χ3v) is 2.86. The zero-order valence-corrected chi connectivity index (χ0v) is 12.7. The summed E-state index contributed by atoms with van der Waals surface area (Å²) < 4.78 is 31.0. The maximum atomic E-state index is 13.2. The highest BCUT2D eigenvalue weighted by Gasteiger charge is 2.12. The first-order chi connectivity index (χ1) is 11.0. The van der Waals surface area contributed by atoms with E-state index < -0.39 is 17.5 Å². The van der Waals surface area contributed by atoms with E-state index in [0.29, 0.717) is 24.8 Å². The van der Waals surface area contributed by atoms with Crippen LogP contribution in [0, 0.1) is 18.6 Å². The van der Waals surface area contributed by atoms with Crippen LogP contribution in [0.1, 0.15) is 16.3 Å². The predicted octanol–water partition coefficient (Wildman–Crippen LogP) is 2.37. The molecule has 1 aromatic carbocycles. The summed E-state index contributed by atoms with van der Waals surface area (Å²) in [5.74, 6) is -1.68. The van der Waals surface area contributed by atoms with Gasteiger partial charge in [0.1, 0.15) is 17.3 Å². The fourth-order valence-electron chi connectivity index (χ4n) is 1.82. The number of carbonyl (C=O) groups excluding carboxylic acids is 1. The molecule has 0 aliphatic heterocycles. The minimum atomic E-state index is -1.04. The molecule has 2 N–H and O–H groups in total. The molecular formula is C15H16F2N4O2. The molecule has 1 amide bonds. The van der Waals surface area contributed by atoms with Gasteiger partial charge in [0.05, 0.1) is 6.61 Å². The molecule has 8 heteroatoms. The number of hydrogen-bond acceptors (Lipinski definition) is 5. The second-order valence-electron chi connectivity index (χ2n) is 4.69. The molecule has 0 aliphatic carbocycles. The average molecular weight is 322 g/mol. The fraction of sp³-hybridized carbons (Fsp3) is 0.267. The molecule has 0 saturated heterocycles. The van der Waals surface area contributed by atoms with Crippen LogP contribution in [0.3, 0.4) is 0 Å². The number of rotatable bonds is 6. The summed E-state index contributed by atoms with van der Waals surface area (Å²) >= 11 is 0. The Morgan fingerprint density at radius 1 is 1.22 bits per heavy atom. The number of nitrogens with one attached hydrogen (secondary N) is 2. The van der Waals surface area contributed by atoms with Gasteiger partial charge >= 0.3 is 0 Å². The number of carbonyl (C=O) groups is 1. The van der Waals surface area contributed by atoms with E-state index in [2.05, 4.69) is 20.6 Å². The maximum Gasteiger partial charge on any atom is 0.274 e. The molecule has 6 nitrogen and oxygen atoms in total. The van der Waals surface area contributed by atoms with Gasteiger partial charge in [-0.2, -0.15) is 0 Å². The van der Waals surface area contributed by atoms with Gasteiger partial charge < -0.3 is 15.4 Å². The molecule has 23 heavy (non-hydrogen) atoms. The molecule has 1 aromatic heterocycles. The first-order valence-corrected chi connectivity index (χ1v) is 6.84. The van der Waals surface area contributed by atoms with Crippen LogP contribution >= 0.6 is 0 Å². The number of amides is 1. The minimum Gasteiger partial charge on any atom is -0.383 e. The molecule has 2 rings (SSSR count). The van der Waals surface area contributed by atoms with Crippen LogP contribution in [0.2, 0.25) is 0 Å². The van der Waals surface area contributed by atoms with Crippen molar-refractivity contribution in [3.63, 3.8) is 0 Å². The lowest BCUT2D eigenvalue weighted by molar-refractivity contribution is 0.102. The molecular weight excluding hydrogens is 306 g/mol. The highest BCUT2D eigenvalue weighted by atomic mass is 19.2. The monoisotopic (exact) mass is 322 g/mol. The van der Waals surface area contributed by atoms with Gasteiger partial charge in [0, 0.05) is 31.5 Å². The Balaban J connectivity index is 2.13. The zero-order valence-electron chi connectivity index (χ0n) is 12.7. The molecule has 0 atom stereocenters. The van der Waals surface area contributed by atoms with Crippen molar-refractivity contribution in [2.45, 2.75) is 6.92 Å². The Morgan fingerprint density at radius 3 is 2.70 bits per heavy atom. The summed E-state index contributed by atoms with van der Waals surface area (Å²) in [6.45, 7) is 2.66. The number of methoxy groups -OCH3 is 1. The Labute approximate surface area is 131 Å². The summed E-state index contributed by atoms with van der Waals surface area (Å²) in [5, 5.41) is 5.46. The van der Waals surface area contributed by atoms with Gasteiger partial charge in [0.2, 0.25) is 0 Å². The second-order valence-corrected chi connectivity index (χ2v) is 4.69. The summed E-state index contributed by atoms with van der Waals surface area (Å²) in [6.07, 6.45) is 0. The highest BCUT2D eigenvalue weighted by molar-refractivity contribution is 6.03. The summed E-state index contributed by atoms with van der Waals surface area (Å²) in [6, 6.07) is 4.58. The third-order valence-electron chi connectivity index (χ3n) is 2.86. The maximum absolute atomic E-state index is 13.2. The molecule has 0 aliphatic rings. The average Bonchev–Trinajstić information content (AvgIpc) is 2.51. The van der Waals surface area contributed by atoms with Crippen molar-refractivity contribution in [2.24, 2.45) is 0 Å². The minimum absolute atomic E-state index is 0.113. The number of aryl methyl sites for hydroxylation is 1. The van der Waals surface area contributed by atoms with E-state index in [1.54, 1.807) is 14.0 Å². The summed E-state index contributed by atoms with van der Waals surface area (Å²) in [7, 11) is 1.58. The Hall–Kier alpha value is -2.61. The zero-order chi connectivity index (χ0) is 16.8. The van der Waals surface area contributed by atoms with Crippen molar-refractivity contribution < 1.29 is 18.3 Å². The van der Waals surface area contributed by atoms with Gasteiger partial charge in [-0.3, -0.25) is 4.79 Å². The van der Waals surface area contributed by atoms with Crippen LogP contribution in [-0.2, 0) is 4.74 Å². The van der Waals surface area contributed by atoms with Crippen molar-refractivity contribution in [1.82, 2.24) is 9.97 Å². The number of benzene rings is 1. The summed E-state index contributed by atoms with van der Waals surface area (Å²) in [5.41, 5.74) is 0.251. The predicted molar refractivity (Wildman–Crippen MR) is 81.4 cm³/mol. The smallest absolute Gasteiger partial charge is 0.274 e. The van der Waals surface area contributed by atoms with E-state index in [9.17, 15) is 13.6 Å². The van der Waals surface area contributed by atoms with E-state index in [1.807, 2.05) is 0 Å². The standard InChI is InChI=1S/C15H16F2N4O2/c1-9-19-13(8-14(20-9)18-5-6-23-2)15(22)21-10-3-4-11(16)12(17)7-10/h3-4,7-8H,5-6H2,1-2H3,(H,21,22)(H,18,19,20). The van der Waals surface area contributed by atoms with Crippen LogP contribution in [0.25, 0.3) is 0 Å². The van der Waals surface area contributed by atoms with E-state index in [4.69, 9.17) is 4.74 Å². The molecule has 0 spiro atoms. The molecule has 0 fully saturated rings. The number of anilines is 2. The van der Waals surface area contributed by atoms with Gasteiger partial charge in [-0.05, 0) is 19.1 Å². The van der Waals surface area contributed by atoms with Gasteiger partial charge in [0.15, 0.2) is 11.6 Å². The van der Waals surface area contributed by atoms with Crippen molar-refractivity contribution in [3.05, 3.63) is 47.4 Å². The van der Waals surface area contributed by atoms with Gasteiger partial charge in [-0.25, -0.2) is 18.7 Å². The van der Waals surface area contributed by atoms with Crippen LogP contribution in [0.4, 0.5) is 20.3 Å². The normalized spacial score (nSPS) is 10.4. The number of nitrogens with zero attached hydrogens (tertiary/aromatic N) is 2. The number of aromatic nitrogens is 2. The van der Waals surface area contributed by atoms with Crippen molar-refractivity contribution >= 4 is 17.4 Å². The van der Waals surface area contributed by atoms with E-state index in [1.165, 1.54) is 12.1 Å². The number of ether oxygens (including phenoxy) is 1. The molecule has 1 heterocycles. The van der Waals surface area contributed by atoms with Gasteiger partial charge in [-0.15, -0.1) is 0 Å².